The number of amides is 1. The Bertz CT molecular complexity index is 193. The van der Waals surface area contributed by atoms with Crippen LogP contribution in [0.2, 0.25) is 0 Å². The van der Waals surface area contributed by atoms with Crippen molar-refractivity contribution in [3.63, 3.8) is 0 Å². The fraction of sp³-hybridized carbons (Fsp3) is 0.900. The smallest absolute Gasteiger partial charge is 0.252 e. The summed E-state index contributed by atoms with van der Waals surface area (Å²) in [6, 6.07) is 0. The first-order chi connectivity index (χ1) is 7.25. The van der Waals surface area contributed by atoms with E-state index in [4.69, 9.17) is 4.74 Å². The summed E-state index contributed by atoms with van der Waals surface area (Å²) in [4.78, 5) is 13.3. The first kappa shape index (κ1) is 12.4. The SMILES string of the molecule is COCCNCC(O)C(=O)N1CCCC1. The number of nitrogens with zero attached hydrogens (tertiary/aromatic N) is 1. The van der Waals surface area contributed by atoms with Crippen molar-refractivity contribution >= 4 is 5.91 Å². The molecule has 1 amide bonds. The third-order valence-electron chi connectivity index (χ3n) is 2.52. The van der Waals surface area contributed by atoms with E-state index in [-0.39, 0.29) is 5.91 Å². The van der Waals surface area contributed by atoms with Gasteiger partial charge < -0.3 is 20.1 Å². The van der Waals surface area contributed by atoms with Gasteiger partial charge in [-0.3, -0.25) is 4.79 Å². The zero-order chi connectivity index (χ0) is 11.1. The number of aliphatic hydroxyl groups excluding tert-OH is 1. The molecule has 0 aromatic carbocycles. The van der Waals surface area contributed by atoms with Gasteiger partial charge in [0.25, 0.3) is 5.91 Å². The Morgan fingerprint density at radius 2 is 2.20 bits per heavy atom. The Balaban J connectivity index is 2.14. The maximum absolute atomic E-state index is 11.6. The van der Waals surface area contributed by atoms with E-state index < -0.39 is 6.10 Å². The van der Waals surface area contributed by atoms with Crippen molar-refractivity contribution < 1.29 is 14.6 Å². The predicted octanol–water partition coefficient (Wildman–Crippen LogP) is -0.794. The monoisotopic (exact) mass is 216 g/mol. The van der Waals surface area contributed by atoms with E-state index in [1.165, 1.54) is 0 Å². The van der Waals surface area contributed by atoms with Crippen LogP contribution >= 0.6 is 0 Å². The number of carbonyl (C=O) groups excluding carboxylic acids is 1. The van der Waals surface area contributed by atoms with Crippen LogP contribution in [-0.4, -0.2) is 61.9 Å². The van der Waals surface area contributed by atoms with Crippen molar-refractivity contribution in [3.8, 4) is 0 Å². The number of nitrogens with one attached hydrogen (secondary N) is 1. The summed E-state index contributed by atoms with van der Waals surface area (Å²) in [5.41, 5.74) is 0. The molecule has 1 atom stereocenters. The van der Waals surface area contributed by atoms with E-state index in [2.05, 4.69) is 5.32 Å². The van der Waals surface area contributed by atoms with E-state index in [1.807, 2.05) is 0 Å². The number of aliphatic hydroxyl groups is 1. The molecule has 5 nitrogen and oxygen atoms in total. The number of carbonyl (C=O) groups is 1. The molecule has 1 aliphatic heterocycles. The van der Waals surface area contributed by atoms with Gasteiger partial charge >= 0.3 is 0 Å². The topological polar surface area (TPSA) is 61.8 Å². The van der Waals surface area contributed by atoms with Crippen LogP contribution in [0.25, 0.3) is 0 Å². The lowest BCUT2D eigenvalue weighted by Gasteiger charge is -2.19. The third kappa shape index (κ3) is 4.15. The zero-order valence-electron chi connectivity index (χ0n) is 9.24. The fourth-order valence-electron chi connectivity index (χ4n) is 1.65. The molecule has 0 bridgehead atoms. The highest BCUT2D eigenvalue weighted by Gasteiger charge is 2.23. The molecule has 2 N–H and O–H groups in total. The Morgan fingerprint density at radius 1 is 1.53 bits per heavy atom. The van der Waals surface area contributed by atoms with Crippen LogP contribution in [0.5, 0.6) is 0 Å². The van der Waals surface area contributed by atoms with Gasteiger partial charge in [0.1, 0.15) is 6.10 Å². The second-order valence-corrected chi connectivity index (χ2v) is 3.75. The Hall–Kier alpha value is -0.650. The molecule has 0 radical (unpaired) electrons. The normalized spacial score (nSPS) is 18.1. The molecule has 1 fully saturated rings. The average molecular weight is 216 g/mol. The predicted molar refractivity (Wildman–Crippen MR) is 56.6 cm³/mol. The zero-order valence-corrected chi connectivity index (χ0v) is 9.24. The van der Waals surface area contributed by atoms with Gasteiger partial charge in [0.15, 0.2) is 0 Å². The Labute approximate surface area is 90.4 Å². The molecular weight excluding hydrogens is 196 g/mol. The molecule has 1 heterocycles. The van der Waals surface area contributed by atoms with Crippen molar-refractivity contribution in [1.82, 2.24) is 10.2 Å². The molecule has 5 heteroatoms. The lowest BCUT2D eigenvalue weighted by atomic mass is 10.3. The van der Waals surface area contributed by atoms with E-state index >= 15 is 0 Å². The van der Waals surface area contributed by atoms with Crippen LogP contribution in [0.4, 0.5) is 0 Å². The highest BCUT2D eigenvalue weighted by Crippen LogP contribution is 2.08. The third-order valence-corrected chi connectivity index (χ3v) is 2.52. The molecule has 1 saturated heterocycles. The van der Waals surface area contributed by atoms with Crippen molar-refractivity contribution in [2.24, 2.45) is 0 Å². The molecule has 0 saturated carbocycles. The highest BCUT2D eigenvalue weighted by atomic mass is 16.5. The fourth-order valence-corrected chi connectivity index (χ4v) is 1.65. The molecule has 0 aromatic heterocycles. The lowest BCUT2D eigenvalue weighted by molar-refractivity contribution is -0.138. The van der Waals surface area contributed by atoms with Gasteiger partial charge in [0.2, 0.25) is 0 Å². The van der Waals surface area contributed by atoms with Crippen molar-refractivity contribution in [2.75, 3.05) is 39.9 Å². The Kier molecular flexibility index (Phi) is 5.60. The minimum Gasteiger partial charge on any atom is -0.383 e. The van der Waals surface area contributed by atoms with Crippen LogP contribution in [0, 0.1) is 0 Å². The number of ether oxygens (including phenoxy) is 1. The molecule has 15 heavy (non-hydrogen) atoms. The van der Waals surface area contributed by atoms with Crippen molar-refractivity contribution in [2.45, 2.75) is 18.9 Å². The van der Waals surface area contributed by atoms with Gasteiger partial charge in [0, 0.05) is 33.3 Å². The minimum absolute atomic E-state index is 0.155. The van der Waals surface area contributed by atoms with Crippen LogP contribution in [0.15, 0.2) is 0 Å². The summed E-state index contributed by atoms with van der Waals surface area (Å²) in [6.07, 6.45) is 1.19. The number of methoxy groups -OCH3 is 1. The van der Waals surface area contributed by atoms with Crippen LogP contribution < -0.4 is 5.32 Å². The summed E-state index contributed by atoms with van der Waals surface area (Å²) >= 11 is 0. The minimum atomic E-state index is -0.917. The summed E-state index contributed by atoms with van der Waals surface area (Å²) < 4.78 is 4.84. The summed E-state index contributed by atoms with van der Waals surface area (Å²) in [6.45, 7) is 3.12. The molecular formula is C10H20N2O3. The summed E-state index contributed by atoms with van der Waals surface area (Å²) in [5, 5.41) is 12.6. The van der Waals surface area contributed by atoms with Gasteiger partial charge in [-0.25, -0.2) is 0 Å². The number of rotatable bonds is 6. The van der Waals surface area contributed by atoms with Gasteiger partial charge in [-0.2, -0.15) is 0 Å². The number of hydrogen-bond donors (Lipinski definition) is 2. The second kappa shape index (κ2) is 6.76. The standard InChI is InChI=1S/C10H20N2O3/c1-15-7-4-11-8-9(13)10(14)12-5-2-3-6-12/h9,11,13H,2-8H2,1H3. The maximum atomic E-state index is 11.6. The van der Waals surface area contributed by atoms with Crippen LogP contribution in [0.3, 0.4) is 0 Å². The highest BCUT2D eigenvalue weighted by molar-refractivity contribution is 5.81. The van der Waals surface area contributed by atoms with Crippen molar-refractivity contribution in [1.29, 1.82) is 0 Å². The number of hydrogen-bond acceptors (Lipinski definition) is 4. The van der Waals surface area contributed by atoms with E-state index in [0.717, 1.165) is 25.9 Å². The first-order valence-electron chi connectivity index (χ1n) is 5.42. The molecule has 1 rings (SSSR count). The van der Waals surface area contributed by atoms with E-state index in [0.29, 0.717) is 19.7 Å². The molecule has 0 aliphatic carbocycles. The van der Waals surface area contributed by atoms with Gasteiger partial charge in [-0.15, -0.1) is 0 Å². The van der Waals surface area contributed by atoms with Gasteiger partial charge in [-0.1, -0.05) is 0 Å². The molecule has 88 valence electrons. The molecule has 1 unspecified atom stereocenters. The van der Waals surface area contributed by atoms with Gasteiger partial charge in [0.05, 0.1) is 6.61 Å². The first-order valence-corrected chi connectivity index (χ1v) is 5.42. The second-order valence-electron chi connectivity index (χ2n) is 3.75. The largest absolute Gasteiger partial charge is 0.383 e. The average Bonchev–Trinajstić information content (AvgIpc) is 2.76. The lowest BCUT2D eigenvalue weighted by Crippen LogP contribution is -2.43. The summed E-state index contributed by atoms with van der Waals surface area (Å²) in [7, 11) is 1.62. The maximum Gasteiger partial charge on any atom is 0.252 e. The van der Waals surface area contributed by atoms with Crippen LogP contribution in [0.1, 0.15) is 12.8 Å². The molecule has 0 spiro atoms. The quantitative estimate of drug-likeness (QED) is 0.571. The van der Waals surface area contributed by atoms with E-state index in [1.54, 1.807) is 12.0 Å². The van der Waals surface area contributed by atoms with Gasteiger partial charge in [-0.05, 0) is 12.8 Å². The summed E-state index contributed by atoms with van der Waals surface area (Å²) in [5.74, 6) is -0.155. The molecule has 0 aromatic rings. The van der Waals surface area contributed by atoms with Crippen molar-refractivity contribution in [3.05, 3.63) is 0 Å². The van der Waals surface area contributed by atoms with E-state index in [9.17, 15) is 9.90 Å². The Morgan fingerprint density at radius 3 is 2.80 bits per heavy atom. The molecule has 1 aliphatic rings. The van der Waals surface area contributed by atoms with Crippen LogP contribution in [-0.2, 0) is 9.53 Å². The number of likely N-dealkylation sites (tertiary alicyclic amines) is 1.